The molecule has 1 aliphatic heterocycles. The average molecular weight is 652 g/mol. The number of aliphatic carboxylic acids is 1. The number of fused-ring (bicyclic) bond motifs is 3. The summed E-state index contributed by atoms with van der Waals surface area (Å²) in [6, 6.07) is 18.0. The summed E-state index contributed by atoms with van der Waals surface area (Å²) in [5, 5.41) is 24.6. The predicted octanol–water partition coefficient (Wildman–Crippen LogP) is 8.67. The molecule has 7 nitrogen and oxygen atoms in total. The molecule has 47 heavy (non-hydrogen) atoms. The molecule has 1 aliphatic rings. The van der Waals surface area contributed by atoms with Gasteiger partial charge in [-0.2, -0.15) is 5.10 Å². The minimum Gasteiger partial charge on any atom is -0.490 e. The molecular weight excluding hydrogens is 614 g/mol. The third kappa shape index (κ3) is 6.64. The van der Waals surface area contributed by atoms with Gasteiger partial charge in [0.15, 0.2) is 11.6 Å². The molecule has 3 heterocycles. The molecule has 7 rings (SSSR count). The van der Waals surface area contributed by atoms with E-state index in [-0.39, 0.29) is 6.42 Å². The minimum atomic E-state index is -0.929. The molecule has 9 heteroatoms. The molecule has 0 fully saturated rings. The van der Waals surface area contributed by atoms with Crippen molar-refractivity contribution >= 4 is 38.4 Å². The third-order valence-corrected chi connectivity index (χ3v) is 9.37. The van der Waals surface area contributed by atoms with Crippen molar-refractivity contribution in [2.24, 2.45) is 7.05 Å². The molecule has 0 spiro atoms. The first kappa shape index (κ1) is 32.3. The number of thiazole rings is 1. The number of rotatable bonds is 5. The normalized spacial score (nSPS) is 12.9. The Morgan fingerprint density at radius 2 is 1.79 bits per heavy atom. The predicted molar refractivity (Wildman–Crippen MR) is 187 cm³/mol. The Kier molecular flexibility index (Phi) is 8.63. The second-order valence-corrected chi connectivity index (χ2v) is 14.1. The summed E-state index contributed by atoms with van der Waals surface area (Å²) >= 11 is 1.51. The number of ether oxygens (including phenoxy) is 1. The SMILES string of the molecule is CC(C)(C)O.Cc1cc2nc(-c3cccc(-c4ccc5c(cnn5C)c4)c3)sc2c(-c2cc(F)c3c(c2C)CCCO3)c1CC(=O)O. The van der Waals surface area contributed by atoms with E-state index < -0.39 is 17.4 Å². The Balaban J connectivity index is 0.000000720. The van der Waals surface area contributed by atoms with E-state index in [9.17, 15) is 9.90 Å². The Bertz CT molecular complexity index is 2150. The van der Waals surface area contributed by atoms with Crippen LogP contribution in [0.2, 0.25) is 0 Å². The van der Waals surface area contributed by atoms with E-state index in [0.717, 1.165) is 77.9 Å². The number of carboxylic acids is 1. The topological polar surface area (TPSA) is 97.5 Å². The summed E-state index contributed by atoms with van der Waals surface area (Å²) in [6.07, 6.45) is 3.25. The molecule has 2 aromatic heterocycles. The second-order valence-electron chi connectivity index (χ2n) is 13.1. The lowest BCUT2D eigenvalue weighted by molar-refractivity contribution is -0.136. The number of nitrogens with zero attached hydrogens (tertiary/aromatic N) is 3. The first-order valence-corrected chi connectivity index (χ1v) is 16.4. The van der Waals surface area contributed by atoms with Gasteiger partial charge in [0, 0.05) is 29.1 Å². The maximum absolute atomic E-state index is 15.4. The number of carbonyl (C=O) groups is 1. The summed E-state index contributed by atoms with van der Waals surface area (Å²) in [5.41, 5.74) is 9.19. The van der Waals surface area contributed by atoms with Gasteiger partial charge >= 0.3 is 5.97 Å². The second kappa shape index (κ2) is 12.5. The third-order valence-electron chi connectivity index (χ3n) is 8.23. The lowest BCUT2D eigenvalue weighted by atomic mass is 9.87. The first-order chi connectivity index (χ1) is 22.3. The zero-order chi connectivity index (χ0) is 33.6. The highest BCUT2D eigenvalue weighted by Crippen LogP contribution is 2.45. The van der Waals surface area contributed by atoms with Gasteiger partial charge in [0.2, 0.25) is 0 Å². The Labute approximate surface area is 277 Å². The Morgan fingerprint density at radius 3 is 2.53 bits per heavy atom. The van der Waals surface area contributed by atoms with Gasteiger partial charge in [-0.25, -0.2) is 9.37 Å². The van der Waals surface area contributed by atoms with Crippen molar-refractivity contribution in [2.75, 3.05) is 6.61 Å². The molecule has 0 bridgehead atoms. The van der Waals surface area contributed by atoms with E-state index >= 15 is 4.39 Å². The van der Waals surface area contributed by atoms with Crippen molar-refractivity contribution in [3.63, 3.8) is 0 Å². The van der Waals surface area contributed by atoms with E-state index in [4.69, 9.17) is 14.8 Å². The fourth-order valence-corrected chi connectivity index (χ4v) is 7.24. The highest BCUT2D eigenvalue weighted by atomic mass is 32.1. The summed E-state index contributed by atoms with van der Waals surface area (Å²) in [4.78, 5) is 17.0. The van der Waals surface area contributed by atoms with Crippen LogP contribution in [0.1, 0.15) is 49.4 Å². The molecule has 0 radical (unpaired) electrons. The van der Waals surface area contributed by atoms with E-state index in [1.807, 2.05) is 50.0 Å². The van der Waals surface area contributed by atoms with Gasteiger partial charge in [0.25, 0.3) is 0 Å². The van der Waals surface area contributed by atoms with E-state index in [2.05, 4.69) is 35.4 Å². The molecule has 242 valence electrons. The van der Waals surface area contributed by atoms with Gasteiger partial charge in [-0.15, -0.1) is 11.3 Å². The zero-order valence-corrected chi connectivity index (χ0v) is 28.3. The Hall–Kier alpha value is -4.60. The molecular formula is C38H38FN3O4S. The van der Waals surface area contributed by atoms with Crippen LogP contribution < -0.4 is 4.74 Å². The number of carboxylic acid groups (broad SMARTS) is 1. The molecule has 6 aromatic rings. The lowest BCUT2D eigenvalue weighted by Crippen LogP contribution is -2.13. The lowest BCUT2D eigenvalue weighted by Gasteiger charge is -2.23. The van der Waals surface area contributed by atoms with Crippen LogP contribution in [0.5, 0.6) is 5.75 Å². The summed E-state index contributed by atoms with van der Waals surface area (Å²) in [7, 11) is 1.93. The van der Waals surface area contributed by atoms with Crippen LogP contribution in [0, 0.1) is 19.7 Å². The van der Waals surface area contributed by atoms with Crippen LogP contribution in [-0.2, 0) is 24.7 Å². The molecule has 0 saturated carbocycles. The first-order valence-electron chi connectivity index (χ1n) is 15.6. The molecule has 0 atom stereocenters. The molecule has 4 aromatic carbocycles. The summed E-state index contributed by atoms with van der Waals surface area (Å²) in [5.74, 6) is -1.03. The van der Waals surface area contributed by atoms with Crippen molar-refractivity contribution < 1.29 is 24.1 Å². The smallest absolute Gasteiger partial charge is 0.307 e. The number of hydrogen-bond donors (Lipinski definition) is 2. The molecule has 0 unspecified atom stereocenters. The highest BCUT2D eigenvalue weighted by Gasteiger charge is 2.26. The maximum atomic E-state index is 15.4. The van der Waals surface area contributed by atoms with Crippen molar-refractivity contribution in [3.05, 3.63) is 88.9 Å². The van der Waals surface area contributed by atoms with Crippen LogP contribution in [0.15, 0.2) is 60.8 Å². The number of aryl methyl sites for hydroxylation is 2. The summed E-state index contributed by atoms with van der Waals surface area (Å²) < 4.78 is 23.8. The molecule has 0 saturated heterocycles. The molecule has 0 aliphatic carbocycles. The van der Waals surface area contributed by atoms with Crippen LogP contribution in [0.25, 0.3) is 53.9 Å². The number of halogens is 1. The summed E-state index contributed by atoms with van der Waals surface area (Å²) in [6.45, 7) is 9.61. The van der Waals surface area contributed by atoms with Gasteiger partial charge in [0.1, 0.15) is 5.01 Å². The number of benzene rings is 4. The van der Waals surface area contributed by atoms with Gasteiger partial charge < -0.3 is 14.9 Å². The van der Waals surface area contributed by atoms with Crippen LogP contribution in [-0.4, -0.2) is 43.2 Å². The number of aliphatic hydroxyl groups is 1. The number of hydrogen-bond acceptors (Lipinski definition) is 6. The van der Waals surface area contributed by atoms with E-state index in [0.29, 0.717) is 23.5 Å². The van der Waals surface area contributed by atoms with Crippen molar-refractivity contribution in [2.45, 2.75) is 59.5 Å². The van der Waals surface area contributed by atoms with Crippen LogP contribution in [0.4, 0.5) is 4.39 Å². The quantitative estimate of drug-likeness (QED) is 0.194. The standard InChI is InChI=1S/C34H28FN3O3S.C4H10O/c1-18-12-28-33(31(25(18)16-30(39)40)26-15-27(35)32-24(19(26)2)8-5-11-41-32)42-34(37-28)22-7-4-6-20(13-22)21-9-10-29-23(14-21)17-36-38(29)3;1-4(2,3)5/h4,6-7,9-10,12-15,17H,5,8,11,16H2,1-3H3,(H,39,40);5H,1-3H3. The fraction of sp³-hybridized carbons (Fsp3) is 0.289. The maximum Gasteiger partial charge on any atom is 0.307 e. The van der Waals surface area contributed by atoms with Crippen molar-refractivity contribution in [3.8, 4) is 38.6 Å². The van der Waals surface area contributed by atoms with E-state index in [1.54, 1.807) is 20.8 Å². The number of aromatic nitrogens is 3. The van der Waals surface area contributed by atoms with Gasteiger partial charge in [0.05, 0.1) is 40.6 Å². The Morgan fingerprint density at radius 1 is 1.06 bits per heavy atom. The average Bonchev–Trinajstić information content (AvgIpc) is 3.61. The minimum absolute atomic E-state index is 0.161. The molecule has 0 amide bonds. The zero-order valence-electron chi connectivity index (χ0n) is 27.4. The van der Waals surface area contributed by atoms with Crippen molar-refractivity contribution in [1.82, 2.24) is 14.8 Å². The van der Waals surface area contributed by atoms with Gasteiger partial charge in [-0.3, -0.25) is 9.48 Å². The molecule has 2 N–H and O–H groups in total. The van der Waals surface area contributed by atoms with Gasteiger partial charge in [-0.1, -0.05) is 24.3 Å². The fourth-order valence-electron chi connectivity index (χ4n) is 6.12. The van der Waals surface area contributed by atoms with Crippen LogP contribution in [0.3, 0.4) is 0 Å². The van der Waals surface area contributed by atoms with Crippen molar-refractivity contribution in [1.29, 1.82) is 0 Å². The van der Waals surface area contributed by atoms with E-state index in [1.165, 1.54) is 17.4 Å². The van der Waals surface area contributed by atoms with Crippen LogP contribution >= 0.6 is 11.3 Å². The highest BCUT2D eigenvalue weighted by molar-refractivity contribution is 7.22. The monoisotopic (exact) mass is 651 g/mol. The largest absolute Gasteiger partial charge is 0.490 e. The van der Waals surface area contributed by atoms with Gasteiger partial charge in [-0.05, 0) is 111 Å².